The highest BCUT2D eigenvalue weighted by molar-refractivity contribution is 9.10. The van der Waals surface area contributed by atoms with Gasteiger partial charge in [-0.3, -0.25) is 0 Å². The van der Waals surface area contributed by atoms with Gasteiger partial charge in [-0.05, 0) is 36.4 Å². The first-order chi connectivity index (χ1) is 13.2. The Morgan fingerprint density at radius 3 is 2.37 bits per heavy atom. The highest BCUT2D eigenvalue weighted by Crippen LogP contribution is 2.39. The van der Waals surface area contributed by atoms with Gasteiger partial charge in [-0.25, -0.2) is 4.99 Å². The quantitative estimate of drug-likeness (QED) is 0.639. The van der Waals surface area contributed by atoms with E-state index in [-0.39, 0.29) is 12.3 Å². The van der Waals surface area contributed by atoms with Crippen LogP contribution in [0.25, 0.3) is 0 Å². The van der Waals surface area contributed by atoms with Crippen LogP contribution < -0.4 is 15.1 Å². The topological polar surface area (TPSA) is 30.9 Å². The molecule has 3 aromatic carbocycles. The minimum absolute atomic E-state index is 0.00115. The average Bonchev–Trinajstić information content (AvgIpc) is 3.09. The van der Waals surface area contributed by atoms with E-state index in [0.29, 0.717) is 0 Å². The fourth-order valence-corrected chi connectivity index (χ4v) is 4.12. The summed E-state index contributed by atoms with van der Waals surface area (Å²) in [5.41, 5.74) is 4.54. The number of halogens is 1. The first-order valence-electron chi connectivity index (χ1n) is 8.99. The van der Waals surface area contributed by atoms with Crippen LogP contribution in [-0.4, -0.2) is 25.2 Å². The van der Waals surface area contributed by atoms with E-state index in [1.54, 1.807) is 0 Å². The van der Waals surface area contributed by atoms with Gasteiger partial charge in [0.1, 0.15) is 12.0 Å². The number of rotatable bonds is 2. The number of nitrogens with zero attached hydrogens (tertiary/aromatic N) is 3. The second-order valence-corrected chi connectivity index (χ2v) is 7.71. The lowest BCUT2D eigenvalue weighted by molar-refractivity contribution is 0.578. The Labute approximate surface area is 167 Å². The third kappa shape index (κ3) is 2.70. The number of hydrogen-bond acceptors (Lipinski definition) is 4. The van der Waals surface area contributed by atoms with Crippen LogP contribution in [0.5, 0.6) is 0 Å². The van der Waals surface area contributed by atoms with E-state index in [4.69, 9.17) is 4.99 Å². The van der Waals surface area contributed by atoms with Crippen LogP contribution in [0, 0.1) is 0 Å². The number of anilines is 3. The van der Waals surface area contributed by atoms with Gasteiger partial charge in [0.2, 0.25) is 0 Å². The minimum Gasteiger partial charge on any atom is -0.360 e. The maximum absolute atomic E-state index is 5.13. The monoisotopic (exact) mass is 418 g/mol. The Bertz CT molecular complexity index is 1000. The predicted molar refractivity (Wildman–Crippen MR) is 116 cm³/mol. The molecule has 2 aliphatic rings. The van der Waals surface area contributed by atoms with Gasteiger partial charge < -0.3 is 15.1 Å². The zero-order valence-electron chi connectivity index (χ0n) is 14.9. The maximum atomic E-state index is 5.13. The summed E-state index contributed by atoms with van der Waals surface area (Å²) in [5.74, 6) is 0.986. The Morgan fingerprint density at radius 2 is 1.59 bits per heavy atom. The molecular weight excluding hydrogens is 400 g/mol. The number of nitrogens with one attached hydrogen (secondary N) is 1. The van der Waals surface area contributed by atoms with E-state index in [2.05, 4.69) is 111 Å². The number of likely N-dealkylation sites (N-methyl/N-ethyl adjacent to an activating group) is 1. The van der Waals surface area contributed by atoms with Gasteiger partial charge in [-0.2, -0.15) is 0 Å². The van der Waals surface area contributed by atoms with Crippen molar-refractivity contribution in [3.63, 3.8) is 0 Å². The third-order valence-corrected chi connectivity index (χ3v) is 5.69. The lowest BCUT2D eigenvalue weighted by Crippen LogP contribution is -2.53. The van der Waals surface area contributed by atoms with Crippen LogP contribution in [-0.2, 0) is 0 Å². The average molecular weight is 419 g/mol. The van der Waals surface area contributed by atoms with Crippen LogP contribution in [0.3, 0.4) is 0 Å². The SMILES string of the molecule is CN1c2ccccc2N[C@H]2[C@@H]1N=C(c1ccccc1)N2c1ccc(Br)cc1. The summed E-state index contributed by atoms with van der Waals surface area (Å²) < 4.78 is 1.07. The minimum atomic E-state index is -0.00115. The number of amidine groups is 1. The van der Waals surface area contributed by atoms with Gasteiger partial charge in [0, 0.05) is 22.8 Å². The molecule has 0 saturated heterocycles. The maximum Gasteiger partial charge on any atom is 0.162 e. The summed E-state index contributed by atoms with van der Waals surface area (Å²) in [7, 11) is 2.12. The number of benzene rings is 3. The van der Waals surface area contributed by atoms with Gasteiger partial charge >= 0.3 is 0 Å². The van der Waals surface area contributed by atoms with Gasteiger partial charge in [0.25, 0.3) is 0 Å². The first kappa shape index (κ1) is 16.4. The molecule has 2 aliphatic heterocycles. The largest absolute Gasteiger partial charge is 0.360 e. The molecule has 0 unspecified atom stereocenters. The molecule has 0 amide bonds. The number of aliphatic imine (C=N–C) groups is 1. The first-order valence-corrected chi connectivity index (χ1v) is 9.78. The highest BCUT2D eigenvalue weighted by atomic mass is 79.9. The molecule has 0 spiro atoms. The number of hydrogen-bond donors (Lipinski definition) is 1. The van der Waals surface area contributed by atoms with E-state index in [9.17, 15) is 0 Å². The molecule has 2 atom stereocenters. The molecule has 0 fully saturated rings. The molecule has 5 heteroatoms. The summed E-state index contributed by atoms with van der Waals surface area (Å²) in [6.45, 7) is 0. The standard InChI is InChI=1S/C22H19BrN4/c1-26-19-10-6-5-9-18(19)24-22-21(26)25-20(15-7-3-2-4-8-15)27(22)17-13-11-16(23)12-14-17/h2-14,21-22,24H,1H3/t21-,22-/m1/s1. The summed E-state index contributed by atoms with van der Waals surface area (Å²) in [6.07, 6.45) is 0.0278. The normalized spacial score (nSPS) is 20.6. The second kappa shape index (κ2) is 6.43. The molecule has 1 N–H and O–H groups in total. The van der Waals surface area contributed by atoms with E-state index in [1.165, 1.54) is 5.69 Å². The smallest absolute Gasteiger partial charge is 0.162 e. The van der Waals surface area contributed by atoms with Crippen molar-refractivity contribution in [1.82, 2.24) is 0 Å². The van der Waals surface area contributed by atoms with Crippen molar-refractivity contribution >= 4 is 38.8 Å². The van der Waals surface area contributed by atoms with Gasteiger partial charge in [0.05, 0.1) is 11.4 Å². The van der Waals surface area contributed by atoms with Crippen LogP contribution in [0.1, 0.15) is 5.56 Å². The van der Waals surface area contributed by atoms with Crippen molar-refractivity contribution in [3.8, 4) is 0 Å². The second-order valence-electron chi connectivity index (χ2n) is 6.80. The molecule has 27 heavy (non-hydrogen) atoms. The molecular formula is C22H19BrN4. The van der Waals surface area contributed by atoms with Crippen molar-refractivity contribution in [2.75, 3.05) is 22.2 Å². The molecule has 0 radical (unpaired) electrons. The molecule has 134 valence electrons. The third-order valence-electron chi connectivity index (χ3n) is 5.16. The van der Waals surface area contributed by atoms with Crippen molar-refractivity contribution < 1.29 is 0 Å². The zero-order valence-corrected chi connectivity index (χ0v) is 16.5. The molecule has 0 bridgehead atoms. The molecule has 0 aromatic heterocycles. The lowest BCUT2D eigenvalue weighted by Gasteiger charge is -2.40. The highest BCUT2D eigenvalue weighted by Gasteiger charge is 2.43. The van der Waals surface area contributed by atoms with Crippen LogP contribution in [0.15, 0.2) is 88.3 Å². The van der Waals surface area contributed by atoms with E-state index in [0.717, 1.165) is 27.2 Å². The molecule has 3 aromatic rings. The van der Waals surface area contributed by atoms with E-state index >= 15 is 0 Å². The molecule has 0 saturated carbocycles. The number of para-hydroxylation sites is 2. The van der Waals surface area contributed by atoms with Crippen LogP contribution in [0.2, 0.25) is 0 Å². The Hall–Kier alpha value is -2.79. The van der Waals surface area contributed by atoms with E-state index < -0.39 is 0 Å². The Morgan fingerprint density at radius 1 is 0.889 bits per heavy atom. The summed E-state index contributed by atoms with van der Waals surface area (Å²) in [5, 5.41) is 3.71. The Kier molecular flexibility index (Phi) is 3.90. The van der Waals surface area contributed by atoms with Gasteiger partial charge in [-0.15, -0.1) is 0 Å². The zero-order chi connectivity index (χ0) is 18.4. The molecule has 4 nitrogen and oxygen atoms in total. The number of fused-ring (bicyclic) bond motifs is 2. The molecule has 5 rings (SSSR count). The van der Waals surface area contributed by atoms with Crippen molar-refractivity contribution in [2.24, 2.45) is 4.99 Å². The van der Waals surface area contributed by atoms with E-state index in [1.807, 2.05) is 6.07 Å². The molecule has 2 heterocycles. The molecule has 0 aliphatic carbocycles. The predicted octanol–water partition coefficient (Wildman–Crippen LogP) is 4.93. The Balaban J connectivity index is 1.64. The fourth-order valence-electron chi connectivity index (χ4n) is 3.85. The van der Waals surface area contributed by atoms with Crippen LogP contribution >= 0.6 is 15.9 Å². The van der Waals surface area contributed by atoms with Gasteiger partial charge in [0.15, 0.2) is 6.17 Å². The van der Waals surface area contributed by atoms with Crippen molar-refractivity contribution in [3.05, 3.63) is 88.9 Å². The fraction of sp³-hybridized carbons (Fsp3) is 0.136. The summed E-state index contributed by atoms with van der Waals surface area (Å²) in [4.78, 5) is 9.70. The van der Waals surface area contributed by atoms with Crippen molar-refractivity contribution in [1.29, 1.82) is 0 Å². The van der Waals surface area contributed by atoms with Crippen LogP contribution in [0.4, 0.5) is 17.1 Å². The van der Waals surface area contributed by atoms with Gasteiger partial charge in [-0.1, -0.05) is 58.4 Å². The summed E-state index contributed by atoms with van der Waals surface area (Å²) >= 11 is 3.54. The van der Waals surface area contributed by atoms with Crippen molar-refractivity contribution in [2.45, 2.75) is 12.3 Å². The summed E-state index contributed by atoms with van der Waals surface area (Å²) in [6, 6.07) is 27.2. The lowest BCUT2D eigenvalue weighted by atomic mass is 10.1.